The van der Waals surface area contributed by atoms with Gasteiger partial charge in [0.05, 0.1) is 10.6 Å². The van der Waals surface area contributed by atoms with E-state index in [4.69, 9.17) is 0 Å². The number of H-pyrrole nitrogens is 1. The summed E-state index contributed by atoms with van der Waals surface area (Å²) in [5, 5.41) is 15.4. The summed E-state index contributed by atoms with van der Waals surface area (Å²) in [6.07, 6.45) is 1.74. The number of rotatable bonds is 5. The van der Waals surface area contributed by atoms with Crippen LogP contribution in [-0.4, -0.2) is 41.1 Å². The van der Waals surface area contributed by atoms with Crippen LogP contribution >= 0.6 is 11.3 Å². The molecule has 29 heavy (non-hydrogen) atoms. The lowest BCUT2D eigenvalue weighted by atomic mass is 10.0. The summed E-state index contributed by atoms with van der Waals surface area (Å²) >= 11 is 1.69. The van der Waals surface area contributed by atoms with Gasteiger partial charge in [-0.05, 0) is 48.6 Å². The third-order valence-electron chi connectivity index (χ3n) is 4.97. The maximum atomic E-state index is 12.5. The summed E-state index contributed by atoms with van der Waals surface area (Å²) in [4.78, 5) is 27.0. The Hall–Kier alpha value is -3.13. The first-order chi connectivity index (χ1) is 14.1. The van der Waals surface area contributed by atoms with Crippen molar-refractivity contribution < 1.29 is 9.59 Å². The molecule has 2 aromatic heterocycles. The molecule has 1 aliphatic heterocycles. The number of amides is 2. The number of hydrogen-bond donors (Lipinski definition) is 3. The van der Waals surface area contributed by atoms with Gasteiger partial charge in [-0.25, -0.2) is 0 Å². The molecule has 8 heteroatoms. The Bertz CT molecular complexity index is 973. The summed E-state index contributed by atoms with van der Waals surface area (Å²) in [7, 11) is 0. The summed E-state index contributed by atoms with van der Waals surface area (Å²) in [5.74, 6) is 0.734. The molecule has 3 aromatic rings. The molecule has 1 fully saturated rings. The molecular weight excluding hydrogens is 386 g/mol. The second-order valence-corrected chi connectivity index (χ2v) is 8.06. The van der Waals surface area contributed by atoms with Crippen LogP contribution in [0, 0.1) is 0 Å². The van der Waals surface area contributed by atoms with Crippen LogP contribution in [0.25, 0.3) is 10.6 Å². The number of anilines is 2. The van der Waals surface area contributed by atoms with Crippen LogP contribution in [0.3, 0.4) is 0 Å². The molecule has 1 saturated heterocycles. The highest BCUT2D eigenvalue weighted by atomic mass is 32.1. The van der Waals surface area contributed by atoms with Crippen LogP contribution in [0.2, 0.25) is 0 Å². The predicted octanol–water partition coefficient (Wildman–Crippen LogP) is 3.50. The molecule has 0 aliphatic carbocycles. The van der Waals surface area contributed by atoms with E-state index >= 15 is 0 Å². The fraction of sp³-hybridized carbons (Fsp3) is 0.286. The van der Waals surface area contributed by atoms with Crippen molar-refractivity contribution in [2.75, 3.05) is 23.3 Å². The van der Waals surface area contributed by atoms with Crippen molar-refractivity contribution in [2.24, 2.45) is 0 Å². The number of nitrogens with one attached hydrogen (secondary N) is 3. The molecule has 7 nitrogen and oxygen atoms in total. The van der Waals surface area contributed by atoms with E-state index in [-0.39, 0.29) is 17.9 Å². The van der Waals surface area contributed by atoms with Gasteiger partial charge in [0.25, 0.3) is 5.91 Å². The fourth-order valence-electron chi connectivity index (χ4n) is 3.46. The van der Waals surface area contributed by atoms with Crippen molar-refractivity contribution in [3.05, 3.63) is 53.4 Å². The Labute approximate surface area is 173 Å². The van der Waals surface area contributed by atoms with E-state index in [0.29, 0.717) is 11.3 Å². The van der Waals surface area contributed by atoms with E-state index in [1.807, 2.05) is 6.07 Å². The van der Waals surface area contributed by atoms with Crippen LogP contribution in [-0.2, 0) is 4.79 Å². The zero-order valence-electron chi connectivity index (χ0n) is 16.1. The van der Waals surface area contributed by atoms with Crippen molar-refractivity contribution >= 4 is 34.7 Å². The quantitative estimate of drug-likeness (QED) is 0.602. The summed E-state index contributed by atoms with van der Waals surface area (Å²) in [6, 6.07) is 13.3. The van der Waals surface area contributed by atoms with Gasteiger partial charge in [0, 0.05) is 43.4 Å². The number of hydrogen-bond acceptors (Lipinski definition) is 5. The van der Waals surface area contributed by atoms with Crippen LogP contribution in [0.15, 0.2) is 47.8 Å². The first kappa shape index (κ1) is 19.2. The van der Waals surface area contributed by atoms with Gasteiger partial charge in [-0.2, -0.15) is 5.10 Å². The Morgan fingerprint density at radius 1 is 1.17 bits per heavy atom. The highest BCUT2D eigenvalue weighted by Crippen LogP contribution is 2.27. The van der Waals surface area contributed by atoms with Crippen molar-refractivity contribution in [3.8, 4) is 10.6 Å². The minimum absolute atomic E-state index is 0.0856. The third kappa shape index (κ3) is 4.65. The first-order valence-electron chi connectivity index (χ1n) is 9.61. The molecule has 1 aromatic carbocycles. The highest BCUT2D eigenvalue weighted by molar-refractivity contribution is 7.13. The Morgan fingerprint density at radius 2 is 1.93 bits per heavy atom. The zero-order chi connectivity index (χ0) is 20.2. The molecule has 0 saturated carbocycles. The van der Waals surface area contributed by atoms with Gasteiger partial charge >= 0.3 is 0 Å². The highest BCUT2D eigenvalue weighted by Gasteiger charge is 2.23. The normalized spacial score (nSPS) is 14.6. The van der Waals surface area contributed by atoms with E-state index < -0.39 is 0 Å². The maximum absolute atomic E-state index is 12.5. The first-order valence-corrected chi connectivity index (χ1v) is 10.5. The number of carbonyl (C=O) groups is 2. The third-order valence-corrected chi connectivity index (χ3v) is 5.88. The Balaban J connectivity index is 1.29. The fourth-order valence-corrected chi connectivity index (χ4v) is 4.15. The molecule has 0 radical (unpaired) electrons. The number of nitrogens with zero attached hydrogens (tertiary/aromatic N) is 2. The lowest BCUT2D eigenvalue weighted by Gasteiger charge is -2.32. The van der Waals surface area contributed by atoms with Gasteiger partial charge in [-0.1, -0.05) is 6.07 Å². The van der Waals surface area contributed by atoms with Crippen LogP contribution in [0.5, 0.6) is 0 Å². The number of benzene rings is 1. The van der Waals surface area contributed by atoms with Crippen LogP contribution < -0.4 is 15.5 Å². The minimum Gasteiger partial charge on any atom is -0.355 e. The van der Waals surface area contributed by atoms with Gasteiger partial charge in [-0.15, -0.1) is 11.3 Å². The van der Waals surface area contributed by atoms with Gasteiger partial charge in [-0.3, -0.25) is 14.7 Å². The molecule has 2 amide bonds. The number of carbonyl (C=O) groups excluding carboxylic acids is 2. The average molecular weight is 410 g/mol. The molecule has 3 N–H and O–H groups in total. The monoisotopic (exact) mass is 409 g/mol. The van der Waals surface area contributed by atoms with Crippen molar-refractivity contribution in [1.82, 2.24) is 15.5 Å². The predicted molar refractivity (Wildman–Crippen MR) is 115 cm³/mol. The number of aromatic amines is 1. The van der Waals surface area contributed by atoms with Gasteiger partial charge in [0.15, 0.2) is 5.82 Å². The molecule has 0 spiro atoms. The van der Waals surface area contributed by atoms with E-state index in [0.717, 1.165) is 37.4 Å². The molecule has 3 heterocycles. The largest absolute Gasteiger partial charge is 0.355 e. The topological polar surface area (TPSA) is 90.1 Å². The van der Waals surface area contributed by atoms with E-state index in [1.54, 1.807) is 35.6 Å². The van der Waals surface area contributed by atoms with E-state index in [9.17, 15) is 9.59 Å². The second kappa shape index (κ2) is 8.48. The lowest BCUT2D eigenvalue weighted by molar-refractivity contribution is -0.114. The average Bonchev–Trinajstić information content (AvgIpc) is 3.40. The second-order valence-electron chi connectivity index (χ2n) is 7.11. The minimum atomic E-state index is -0.131. The van der Waals surface area contributed by atoms with Crippen molar-refractivity contribution in [2.45, 2.75) is 25.8 Å². The van der Waals surface area contributed by atoms with Gasteiger partial charge in [0.2, 0.25) is 5.91 Å². The van der Waals surface area contributed by atoms with Crippen LogP contribution in [0.1, 0.15) is 30.1 Å². The number of piperidine rings is 1. The molecule has 0 unspecified atom stereocenters. The zero-order valence-corrected chi connectivity index (χ0v) is 17.0. The summed E-state index contributed by atoms with van der Waals surface area (Å²) in [5.41, 5.74) is 2.31. The summed E-state index contributed by atoms with van der Waals surface area (Å²) in [6.45, 7) is 3.15. The van der Waals surface area contributed by atoms with Crippen LogP contribution in [0.4, 0.5) is 11.5 Å². The lowest BCUT2D eigenvalue weighted by Crippen LogP contribution is -2.44. The molecule has 0 atom stereocenters. The van der Waals surface area contributed by atoms with Gasteiger partial charge in [0.1, 0.15) is 0 Å². The molecule has 0 bridgehead atoms. The molecule has 150 valence electrons. The SMILES string of the molecule is CC(=O)Nc1ccc(C(=O)NC2CCN(c3cc(-c4cccs4)[nH]n3)CC2)cc1. The Morgan fingerprint density at radius 3 is 2.59 bits per heavy atom. The van der Waals surface area contributed by atoms with Gasteiger partial charge < -0.3 is 15.5 Å². The number of aromatic nitrogens is 2. The molecule has 4 rings (SSSR count). The smallest absolute Gasteiger partial charge is 0.251 e. The molecule has 1 aliphatic rings. The molecular formula is C21H23N5O2S. The standard InChI is InChI=1S/C21H23N5O2S/c1-14(27)22-16-6-4-15(5-7-16)21(28)23-17-8-10-26(11-9-17)20-13-18(24-25-20)19-3-2-12-29-19/h2-7,12-13,17H,8-11H2,1H3,(H,22,27)(H,23,28)(H,24,25). The number of thiophene rings is 1. The van der Waals surface area contributed by atoms with E-state index in [1.165, 1.54) is 11.8 Å². The summed E-state index contributed by atoms with van der Waals surface area (Å²) < 4.78 is 0. The van der Waals surface area contributed by atoms with Crippen molar-refractivity contribution in [3.63, 3.8) is 0 Å². The Kier molecular flexibility index (Phi) is 5.62. The van der Waals surface area contributed by atoms with E-state index in [2.05, 4.69) is 43.2 Å². The maximum Gasteiger partial charge on any atom is 0.251 e. The van der Waals surface area contributed by atoms with Crippen molar-refractivity contribution in [1.29, 1.82) is 0 Å².